The van der Waals surface area contributed by atoms with Crippen LogP contribution in [0.2, 0.25) is 0 Å². The molecule has 0 aliphatic carbocycles. The molecule has 0 saturated heterocycles. The summed E-state index contributed by atoms with van der Waals surface area (Å²) in [6.45, 7) is 2.40. The maximum Gasteiger partial charge on any atom is 0.243 e. The lowest BCUT2D eigenvalue weighted by molar-refractivity contribution is 0.390. The molecule has 0 bridgehead atoms. The van der Waals surface area contributed by atoms with Crippen molar-refractivity contribution in [1.82, 2.24) is 8.61 Å². The molecule has 8 heteroatoms. The number of fused-ring (bicyclic) bond motifs is 1. The van der Waals surface area contributed by atoms with E-state index in [9.17, 15) is 16.8 Å². The van der Waals surface area contributed by atoms with Crippen LogP contribution in [0.3, 0.4) is 0 Å². The minimum atomic E-state index is -3.62. The van der Waals surface area contributed by atoms with Gasteiger partial charge < -0.3 is 0 Å². The van der Waals surface area contributed by atoms with Crippen LogP contribution in [0, 0.1) is 6.92 Å². The Balaban J connectivity index is 1.96. The zero-order valence-electron chi connectivity index (χ0n) is 15.0. The number of sulfonamides is 2. The highest BCUT2D eigenvalue weighted by Crippen LogP contribution is 2.27. The monoisotopic (exact) mass is 394 g/mol. The van der Waals surface area contributed by atoms with Gasteiger partial charge in [-0.25, -0.2) is 21.1 Å². The van der Waals surface area contributed by atoms with E-state index in [-0.39, 0.29) is 16.3 Å². The molecular formula is C18H22N2O4S2. The Labute approximate surface area is 155 Å². The Morgan fingerprint density at radius 2 is 1.65 bits per heavy atom. The second-order valence-electron chi connectivity index (χ2n) is 6.62. The first-order chi connectivity index (χ1) is 12.1. The molecule has 0 spiro atoms. The van der Waals surface area contributed by atoms with Crippen molar-refractivity contribution >= 4 is 20.0 Å². The first-order valence-electron chi connectivity index (χ1n) is 8.23. The number of hydrogen-bond acceptors (Lipinski definition) is 4. The summed E-state index contributed by atoms with van der Waals surface area (Å²) in [5.74, 6) is 0. The average molecular weight is 395 g/mol. The number of nitrogens with zero attached hydrogens (tertiary/aromatic N) is 2. The number of rotatable bonds is 4. The van der Waals surface area contributed by atoms with Gasteiger partial charge >= 0.3 is 0 Å². The standard InChI is InChI=1S/C18H22N2O4S2/c1-14-5-4-6-17(11-14)26(23,24)20-10-9-15-7-8-18(12-16(15)13-20)25(21,22)19(2)3/h4-8,11-12H,9-10,13H2,1-3H3. The first kappa shape index (κ1) is 19.0. The highest BCUT2D eigenvalue weighted by molar-refractivity contribution is 7.89. The lowest BCUT2D eigenvalue weighted by Crippen LogP contribution is -2.36. The lowest BCUT2D eigenvalue weighted by atomic mass is 10.0. The minimum absolute atomic E-state index is 0.169. The molecule has 0 unspecified atom stereocenters. The summed E-state index contributed by atoms with van der Waals surface area (Å²) in [7, 11) is -4.22. The predicted molar refractivity (Wildman–Crippen MR) is 99.8 cm³/mol. The summed E-state index contributed by atoms with van der Waals surface area (Å²) in [5.41, 5.74) is 2.59. The van der Waals surface area contributed by atoms with Crippen molar-refractivity contribution in [3.05, 3.63) is 59.2 Å². The van der Waals surface area contributed by atoms with Crippen LogP contribution in [0.4, 0.5) is 0 Å². The van der Waals surface area contributed by atoms with E-state index >= 15 is 0 Å². The Morgan fingerprint density at radius 1 is 0.923 bits per heavy atom. The summed E-state index contributed by atoms with van der Waals surface area (Å²) < 4.78 is 53.1. The summed E-state index contributed by atoms with van der Waals surface area (Å²) in [6.07, 6.45) is 0.558. The maximum atomic E-state index is 12.9. The topological polar surface area (TPSA) is 74.8 Å². The molecule has 0 aromatic heterocycles. The molecule has 0 radical (unpaired) electrons. The van der Waals surface area contributed by atoms with Gasteiger partial charge in [-0.1, -0.05) is 18.2 Å². The van der Waals surface area contributed by atoms with Crippen molar-refractivity contribution in [2.24, 2.45) is 0 Å². The molecule has 1 aliphatic heterocycles. The highest BCUT2D eigenvalue weighted by Gasteiger charge is 2.29. The predicted octanol–water partition coefficient (Wildman–Crippen LogP) is 1.99. The van der Waals surface area contributed by atoms with Gasteiger partial charge in [-0.2, -0.15) is 4.31 Å². The van der Waals surface area contributed by atoms with Crippen LogP contribution >= 0.6 is 0 Å². The van der Waals surface area contributed by atoms with E-state index in [0.717, 1.165) is 21.0 Å². The smallest absolute Gasteiger partial charge is 0.207 e. The minimum Gasteiger partial charge on any atom is -0.207 e. The summed E-state index contributed by atoms with van der Waals surface area (Å²) in [6, 6.07) is 11.8. The molecule has 0 saturated carbocycles. The van der Waals surface area contributed by atoms with Gasteiger partial charge in [0.05, 0.1) is 9.79 Å². The highest BCUT2D eigenvalue weighted by atomic mass is 32.2. The van der Waals surface area contributed by atoms with Gasteiger partial charge in [0.15, 0.2) is 0 Å². The van der Waals surface area contributed by atoms with Crippen molar-refractivity contribution in [2.45, 2.75) is 29.7 Å². The quantitative estimate of drug-likeness (QED) is 0.795. The van der Waals surface area contributed by atoms with Crippen LogP contribution in [0.1, 0.15) is 16.7 Å². The molecule has 2 aromatic rings. The molecule has 0 atom stereocenters. The van der Waals surface area contributed by atoms with E-state index in [1.54, 1.807) is 36.4 Å². The molecule has 2 aromatic carbocycles. The molecule has 26 heavy (non-hydrogen) atoms. The van der Waals surface area contributed by atoms with Crippen LogP contribution in [-0.4, -0.2) is 46.1 Å². The van der Waals surface area contributed by atoms with E-state index < -0.39 is 20.0 Å². The van der Waals surface area contributed by atoms with Crippen molar-refractivity contribution < 1.29 is 16.8 Å². The molecule has 0 N–H and O–H groups in total. The molecule has 1 heterocycles. The van der Waals surface area contributed by atoms with Crippen LogP contribution < -0.4 is 0 Å². The average Bonchev–Trinajstić information content (AvgIpc) is 2.60. The zero-order valence-corrected chi connectivity index (χ0v) is 16.6. The Kier molecular flexibility index (Phi) is 4.96. The molecule has 6 nitrogen and oxygen atoms in total. The van der Waals surface area contributed by atoms with E-state index in [2.05, 4.69) is 0 Å². The first-order valence-corrected chi connectivity index (χ1v) is 11.1. The fourth-order valence-electron chi connectivity index (χ4n) is 3.01. The van der Waals surface area contributed by atoms with Crippen LogP contribution in [0.15, 0.2) is 52.3 Å². The Hall–Kier alpha value is -1.74. The van der Waals surface area contributed by atoms with Crippen LogP contribution in [0.25, 0.3) is 0 Å². The van der Waals surface area contributed by atoms with E-state index in [0.29, 0.717) is 13.0 Å². The number of benzene rings is 2. The van der Waals surface area contributed by atoms with Crippen molar-refractivity contribution in [3.63, 3.8) is 0 Å². The van der Waals surface area contributed by atoms with Crippen molar-refractivity contribution in [2.75, 3.05) is 20.6 Å². The maximum absolute atomic E-state index is 12.9. The largest absolute Gasteiger partial charge is 0.243 e. The molecule has 140 valence electrons. The summed E-state index contributed by atoms with van der Waals surface area (Å²) in [4.78, 5) is 0.439. The number of hydrogen-bond donors (Lipinski definition) is 0. The van der Waals surface area contributed by atoms with E-state index in [4.69, 9.17) is 0 Å². The second-order valence-corrected chi connectivity index (χ2v) is 10.7. The van der Waals surface area contributed by atoms with E-state index in [1.165, 1.54) is 18.4 Å². The molecule has 0 fully saturated rings. The summed E-state index contributed by atoms with van der Waals surface area (Å²) in [5, 5.41) is 0. The molecule has 3 rings (SSSR count). The van der Waals surface area contributed by atoms with Crippen LogP contribution in [-0.2, 0) is 33.0 Å². The van der Waals surface area contributed by atoms with E-state index in [1.807, 2.05) is 13.0 Å². The van der Waals surface area contributed by atoms with Gasteiger partial charge in [0, 0.05) is 27.2 Å². The zero-order chi connectivity index (χ0) is 19.1. The van der Waals surface area contributed by atoms with Gasteiger partial charge in [-0.15, -0.1) is 0 Å². The third-order valence-corrected chi connectivity index (χ3v) is 8.21. The molecule has 0 amide bonds. The normalized spacial score (nSPS) is 15.8. The Bertz CT molecular complexity index is 1040. The molecule has 1 aliphatic rings. The van der Waals surface area contributed by atoms with Crippen LogP contribution in [0.5, 0.6) is 0 Å². The van der Waals surface area contributed by atoms with Gasteiger partial charge in [0.25, 0.3) is 0 Å². The van der Waals surface area contributed by atoms with Gasteiger partial charge in [0.1, 0.15) is 0 Å². The lowest BCUT2D eigenvalue weighted by Gasteiger charge is -2.28. The van der Waals surface area contributed by atoms with Crippen molar-refractivity contribution in [1.29, 1.82) is 0 Å². The van der Waals surface area contributed by atoms with Crippen molar-refractivity contribution in [3.8, 4) is 0 Å². The summed E-state index contributed by atoms with van der Waals surface area (Å²) >= 11 is 0. The van der Waals surface area contributed by atoms with Gasteiger partial charge in [-0.05, 0) is 54.3 Å². The fourth-order valence-corrected chi connectivity index (χ4v) is 5.49. The number of aryl methyl sites for hydroxylation is 1. The Morgan fingerprint density at radius 3 is 2.31 bits per heavy atom. The third kappa shape index (κ3) is 3.42. The van der Waals surface area contributed by atoms with Gasteiger partial charge in [-0.3, -0.25) is 0 Å². The fraction of sp³-hybridized carbons (Fsp3) is 0.333. The molecular weight excluding hydrogens is 372 g/mol. The SMILES string of the molecule is Cc1cccc(S(=O)(=O)N2CCc3ccc(S(=O)(=O)N(C)C)cc3C2)c1. The van der Waals surface area contributed by atoms with Gasteiger partial charge in [0.2, 0.25) is 20.0 Å². The third-order valence-electron chi connectivity index (χ3n) is 4.56. The second kappa shape index (κ2) is 6.77.